The van der Waals surface area contributed by atoms with Crippen LogP contribution < -0.4 is 0 Å². The molecule has 2 N–H and O–H groups in total. The maximum absolute atomic E-state index is 14.7. The SMILES string of the molecule is C=O.CO.O=C(C1CCCCC1)N1CC(c2ccc(C(F)(C(F)(F)F)C(F)(F)F)cc2)(S(=O)c2ccc(F)cc2)CC1CO. The molecule has 1 amide bonds. The van der Waals surface area contributed by atoms with Crippen LogP contribution in [0, 0.1) is 11.7 Å². The minimum atomic E-state index is -6.31. The third-order valence-electron chi connectivity index (χ3n) is 7.85. The van der Waals surface area contributed by atoms with E-state index in [-0.39, 0.29) is 35.2 Å². The molecule has 0 bridgehead atoms. The molecule has 1 aliphatic heterocycles. The summed E-state index contributed by atoms with van der Waals surface area (Å²) in [5.41, 5.74) is -7.36. The summed E-state index contributed by atoms with van der Waals surface area (Å²) in [6.45, 7) is 1.20. The van der Waals surface area contributed by atoms with Gasteiger partial charge in [-0.15, -0.1) is 0 Å². The lowest BCUT2D eigenvalue weighted by molar-refractivity contribution is -0.348. The van der Waals surface area contributed by atoms with E-state index in [1.54, 1.807) is 0 Å². The average molecular weight is 660 g/mol. The largest absolute Gasteiger partial charge is 0.435 e. The molecular weight excluding hydrogens is 626 g/mol. The number of benzene rings is 2. The van der Waals surface area contributed by atoms with Gasteiger partial charge in [-0.1, -0.05) is 43.5 Å². The van der Waals surface area contributed by atoms with Crippen molar-refractivity contribution in [3.63, 3.8) is 0 Å². The number of halogens is 8. The Morgan fingerprint density at radius 2 is 1.41 bits per heavy atom. The third kappa shape index (κ3) is 7.15. The van der Waals surface area contributed by atoms with Gasteiger partial charge in [-0.2, -0.15) is 26.3 Å². The number of likely N-dealkylation sites (tertiary alicyclic amines) is 1. The number of amides is 1. The Morgan fingerprint density at radius 1 is 0.909 bits per heavy atom. The Labute approximate surface area is 251 Å². The Balaban J connectivity index is 0.00000162. The van der Waals surface area contributed by atoms with Crippen molar-refractivity contribution in [2.24, 2.45) is 5.92 Å². The number of aliphatic hydroxyl groups excluding tert-OH is 2. The smallest absolute Gasteiger partial charge is 0.400 e. The van der Waals surface area contributed by atoms with Crippen molar-refractivity contribution < 1.29 is 59.1 Å². The Morgan fingerprint density at radius 3 is 1.86 bits per heavy atom. The minimum absolute atomic E-state index is 0.0111. The molecular formula is C29H33F8NO5S. The Hall–Kier alpha value is -2.91. The first-order valence-corrected chi connectivity index (χ1v) is 14.6. The summed E-state index contributed by atoms with van der Waals surface area (Å²) in [6, 6.07) is 6.05. The zero-order chi connectivity index (χ0) is 33.5. The number of hydrogen-bond acceptors (Lipinski definition) is 5. The van der Waals surface area contributed by atoms with E-state index in [2.05, 4.69) is 0 Å². The van der Waals surface area contributed by atoms with E-state index in [1.165, 1.54) is 17.0 Å². The molecule has 1 saturated heterocycles. The summed E-state index contributed by atoms with van der Waals surface area (Å²) >= 11 is 0. The first kappa shape index (κ1) is 37.3. The third-order valence-corrected chi connectivity index (χ3v) is 9.79. The van der Waals surface area contributed by atoms with Gasteiger partial charge >= 0.3 is 18.0 Å². The molecule has 15 heteroatoms. The topological polar surface area (TPSA) is 94.9 Å². The molecule has 2 aromatic rings. The first-order chi connectivity index (χ1) is 20.7. The lowest BCUT2D eigenvalue weighted by Crippen LogP contribution is -2.50. The number of rotatable bonds is 6. The second-order valence-electron chi connectivity index (χ2n) is 10.3. The summed E-state index contributed by atoms with van der Waals surface area (Å²) in [5, 5.41) is 17.1. The summed E-state index contributed by atoms with van der Waals surface area (Å²) in [4.78, 5) is 22.9. The molecule has 246 valence electrons. The van der Waals surface area contributed by atoms with Gasteiger partial charge in [0.1, 0.15) is 12.6 Å². The van der Waals surface area contributed by atoms with E-state index in [0.29, 0.717) is 25.0 Å². The van der Waals surface area contributed by atoms with Crippen molar-refractivity contribution in [2.45, 2.75) is 72.2 Å². The van der Waals surface area contributed by atoms with Crippen LogP contribution in [-0.2, 0) is 30.8 Å². The number of alkyl halides is 7. The zero-order valence-electron chi connectivity index (χ0n) is 23.6. The van der Waals surface area contributed by atoms with E-state index in [9.17, 15) is 49.2 Å². The number of carbonyl (C=O) groups excluding carboxylic acids is 2. The van der Waals surface area contributed by atoms with Gasteiger partial charge in [0.15, 0.2) is 0 Å². The van der Waals surface area contributed by atoms with Gasteiger partial charge in [0.05, 0.1) is 28.2 Å². The van der Waals surface area contributed by atoms with E-state index in [0.717, 1.165) is 50.6 Å². The van der Waals surface area contributed by atoms with Crippen molar-refractivity contribution in [3.8, 4) is 0 Å². The molecule has 4 rings (SSSR count). The van der Waals surface area contributed by atoms with E-state index >= 15 is 0 Å². The minimum Gasteiger partial charge on any atom is -0.400 e. The van der Waals surface area contributed by atoms with Crippen molar-refractivity contribution >= 4 is 23.5 Å². The molecule has 1 saturated carbocycles. The van der Waals surface area contributed by atoms with Gasteiger partial charge < -0.3 is 19.9 Å². The summed E-state index contributed by atoms with van der Waals surface area (Å²) in [5.74, 6) is -1.26. The first-order valence-electron chi connectivity index (χ1n) is 13.4. The fourth-order valence-electron chi connectivity index (χ4n) is 5.69. The highest BCUT2D eigenvalue weighted by Crippen LogP contribution is 2.54. The molecule has 44 heavy (non-hydrogen) atoms. The van der Waals surface area contributed by atoms with Gasteiger partial charge in [-0.05, 0) is 49.1 Å². The molecule has 0 spiro atoms. The van der Waals surface area contributed by atoms with Gasteiger partial charge in [0, 0.05) is 30.0 Å². The standard InChI is InChI=1S/C27H27F8NO3S.CH4O.CH2O/c28-20-10-12-22(13-11-20)40(39)24(14-21(15-37)36(16-24)23(38)17-4-2-1-3-5-17)18-6-8-19(9-7-18)25(29,26(30,31)32)27(33,34)35;2*1-2/h6-13,17,21,37H,1-5,14-16H2;2H,1H3;1H2. The zero-order valence-corrected chi connectivity index (χ0v) is 24.5. The number of aliphatic hydroxyl groups is 2. The van der Waals surface area contributed by atoms with Crippen LogP contribution in [0.2, 0.25) is 0 Å². The van der Waals surface area contributed by atoms with E-state index < -0.39 is 57.6 Å². The van der Waals surface area contributed by atoms with E-state index in [4.69, 9.17) is 9.90 Å². The maximum Gasteiger partial charge on any atom is 0.435 e. The molecule has 0 aromatic heterocycles. The highest BCUT2D eigenvalue weighted by Gasteiger charge is 2.73. The van der Waals surface area contributed by atoms with Crippen molar-refractivity contribution in [2.75, 3.05) is 20.3 Å². The van der Waals surface area contributed by atoms with Crippen LogP contribution in [0.1, 0.15) is 49.7 Å². The predicted molar refractivity (Wildman–Crippen MR) is 145 cm³/mol. The maximum atomic E-state index is 14.7. The van der Waals surface area contributed by atoms with Crippen LogP contribution >= 0.6 is 0 Å². The van der Waals surface area contributed by atoms with Crippen LogP contribution in [0.5, 0.6) is 0 Å². The van der Waals surface area contributed by atoms with Crippen LogP contribution in [0.4, 0.5) is 35.1 Å². The summed E-state index contributed by atoms with van der Waals surface area (Å²) < 4.78 is 121. The van der Waals surface area contributed by atoms with Crippen LogP contribution in [0.25, 0.3) is 0 Å². The van der Waals surface area contributed by atoms with Crippen LogP contribution in [0.15, 0.2) is 53.4 Å². The fourth-order valence-corrected chi connectivity index (χ4v) is 7.48. The van der Waals surface area contributed by atoms with Gasteiger partial charge in [-0.3, -0.25) is 9.00 Å². The van der Waals surface area contributed by atoms with Gasteiger partial charge in [0.25, 0.3) is 0 Å². The van der Waals surface area contributed by atoms with E-state index in [1.807, 2.05) is 6.79 Å². The van der Waals surface area contributed by atoms with Crippen molar-refractivity contribution in [1.82, 2.24) is 4.90 Å². The molecule has 3 unspecified atom stereocenters. The quantitative estimate of drug-likeness (QED) is 0.388. The number of nitrogens with zero attached hydrogens (tertiary/aromatic N) is 1. The molecule has 3 atom stereocenters. The van der Waals surface area contributed by atoms with Crippen LogP contribution in [-0.4, -0.2) is 70.7 Å². The normalized spacial score (nSPS) is 21.9. The second-order valence-corrected chi connectivity index (χ2v) is 12.1. The monoisotopic (exact) mass is 659 g/mol. The second kappa shape index (κ2) is 14.9. The van der Waals surface area contributed by atoms with Gasteiger partial charge in [-0.25, -0.2) is 8.78 Å². The molecule has 1 aliphatic carbocycles. The van der Waals surface area contributed by atoms with Crippen LogP contribution in [0.3, 0.4) is 0 Å². The highest BCUT2D eigenvalue weighted by molar-refractivity contribution is 7.86. The summed E-state index contributed by atoms with van der Waals surface area (Å²) in [6.07, 6.45) is -8.92. The molecule has 2 aliphatic rings. The average Bonchev–Trinajstić information content (AvgIpc) is 3.43. The highest BCUT2D eigenvalue weighted by atomic mass is 32.2. The fraction of sp³-hybridized carbons (Fsp3) is 0.517. The van der Waals surface area contributed by atoms with Gasteiger partial charge in [0.2, 0.25) is 5.91 Å². The molecule has 2 fully saturated rings. The lowest BCUT2D eigenvalue weighted by atomic mass is 9.88. The predicted octanol–water partition coefficient (Wildman–Crippen LogP) is 5.72. The molecule has 6 nitrogen and oxygen atoms in total. The van der Waals surface area contributed by atoms with Crippen molar-refractivity contribution in [3.05, 3.63) is 65.5 Å². The lowest BCUT2D eigenvalue weighted by Gasteiger charge is -2.33. The van der Waals surface area contributed by atoms with Crippen molar-refractivity contribution in [1.29, 1.82) is 0 Å². The number of carbonyl (C=O) groups is 2. The molecule has 1 heterocycles. The summed E-state index contributed by atoms with van der Waals surface area (Å²) in [7, 11) is -1.11. The molecule has 2 aromatic carbocycles. The molecule has 0 radical (unpaired) electrons. The Bertz CT molecular complexity index is 1240. The number of hydrogen-bond donors (Lipinski definition) is 2. The Kier molecular flexibility index (Phi) is 12.6.